The van der Waals surface area contributed by atoms with Gasteiger partial charge in [0.05, 0.1) is 15.5 Å². The molecule has 0 atom stereocenters. The second kappa shape index (κ2) is 5.31. The Morgan fingerprint density at radius 2 is 2.05 bits per heavy atom. The van der Waals surface area contributed by atoms with Gasteiger partial charge in [-0.15, -0.1) is 0 Å². The molecule has 7 heteroatoms. The molecule has 1 fully saturated rings. The zero-order valence-electron chi connectivity index (χ0n) is 10.3. The van der Waals surface area contributed by atoms with Crippen LogP contribution < -0.4 is 0 Å². The van der Waals surface area contributed by atoms with E-state index >= 15 is 0 Å². The maximum atomic E-state index is 12.4. The van der Waals surface area contributed by atoms with E-state index in [1.54, 1.807) is 4.90 Å². The highest BCUT2D eigenvalue weighted by Gasteiger charge is 2.33. The van der Waals surface area contributed by atoms with Crippen LogP contribution in [0, 0.1) is 0 Å². The lowest BCUT2D eigenvalue weighted by atomic mass is 10.2. The minimum Gasteiger partial charge on any atom is -0.336 e. The fourth-order valence-corrected chi connectivity index (χ4v) is 2.90. The fraction of sp³-hybridized carbons (Fsp3) is 0.417. The summed E-state index contributed by atoms with van der Waals surface area (Å²) >= 11 is 5.98. The number of carbonyl (C=O) groups is 1. The summed E-state index contributed by atoms with van der Waals surface area (Å²) < 4.78 is 22.6. The van der Waals surface area contributed by atoms with Gasteiger partial charge in [0.15, 0.2) is 0 Å². The van der Waals surface area contributed by atoms with E-state index in [1.165, 1.54) is 18.2 Å². The number of benzene rings is 1. The normalized spacial score (nSPS) is 15.3. The zero-order chi connectivity index (χ0) is 14.2. The second-order valence-corrected chi connectivity index (χ2v) is 7.37. The van der Waals surface area contributed by atoms with Crippen LogP contribution in [0.1, 0.15) is 30.1 Å². The molecule has 0 N–H and O–H groups in total. The summed E-state index contributed by atoms with van der Waals surface area (Å²) in [6.45, 7) is 2.45. The zero-order valence-corrected chi connectivity index (χ0v) is 12.6. The first-order chi connectivity index (χ1) is 8.84. The maximum Gasteiger partial charge on any atom is 0.261 e. The molecule has 1 aromatic rings. The van der Waals surface area contributed by atoms with Crippen molar-refractivity contribution in [1.29, 1.82) is 0 Å². The number of hydrogen-bond acceptors (Lipinski definition) is 3. The van der Waals surface area contributed by atoms with Crippen LogP contribution in [-0.2, 0) is 9.05 Å². The molecule has 19 heavy (non-hydrogen) atoms. The molecule has 1 aliphatic rings. The lowest BCUT2D eigenvalue weighted by Gasteiger charge is -2.21. The van der Waals surface area contributed by atoms with Crippen molar-refractivity contribution >= 4 is 37.2 Å². The van der Waals surface area contributed by atoms with E-state index < -0.39 is 9.05 Å². The van der Waals surface area contributed by atoms with Crippen molar-refractivity contribution in [1.82, 2.24) is 4.90 Å². The van der Waals surface area contributed by atoms with E-state index in [9.17, 15) is 13.2 Å². The van der Waals surface area contributed by atoms with Crippen molar-refractivity contribution in [3.05, 3.63) is 28.8 Å². The highest BCUT2D eigenvalue weighted by atomic mass is 35.7. The Kier molecular flexibility index (Phi) is 4.08. The van der Waals surface area contributed by atoms with E-state index in [4.69, 9.17) is 22.3 Å². The quantitative estimate of drug-likeness (QED) is 0.801. The maximum absolute atomic E-state index is 12.4. The Hall–Kier alpha value is -0.780. The highest BCUT2D eigenvalue weighted by molar-refractivity contribution is 8.13. The Morgan fingerprint density at radius 1 is 1.42 bits per heavy atom. The SMILES string of the molecule is CCN(C(=O)c1cc(S(=O)(=O)Cl)ccc1Cl)C1CC1. The van der Waals surface area contributed by atoms with Gasteiger partial charge in [-0.05, 0) is 38.0 Å². The largest absolute Gasteiger partial charge is 0.336 e. The van der Waals surface area contributed by atoms with E-state index in [0.717, 1.165) is 12.8 Å². The molecule has 0 radical (unpaired) electrons. The molecule has 0 spiro atoms. The molecule has 1 amide bonds. The van der Waals surface area contributed by atoms with Gasteiger partial charge in [-0.1, -0.05) is 11.6 Å². The number of amides is 1. The summed E-state index contributed by atoms with van der Waals surface area (Å²) in [7, 11) is 1.41. The lowest BCUT2D eigenvalue weighted by molar-refractivity contribution is 0.0752. The van der Waals surface area contributed by atoms with Gasteiger partial charge in [0.2, 0.25) is 0 Å². The average Bonchev–Trinajstić information content (AvgIpc) is 3.13. The third-order valence-electron chi connectivity index (χ3n) is 3.04. The summed E-state index contributed by atoms with van der Waals surface area (Å²) in [6, 6.07) is 4.14. The van der Waals surface area contributed by atoms with E-state index in [-0.39, 0.29) is 27.4 Å². The summed E-state index contributed by atoms with van der Waals surface area (Å²) in [5, 5.41) is 0.230. The van der Waals surface area contributed by atoms with Crippen molar-refractivity contribution in [2.24, 2.45) is 0 Å². The molecule has 0 aliphatic heterocycles. The second-order valence-electron chi connectivity index (χ2n) is 4.40. The topological polar surface area (TPSA) is 54.5 Å². The summed E-state index contributed by atoms with van der Waals surface area (Å²) in [5.41, 5.74) is 0.178. The predicted octanol–water partition coefficient (Wildman–Crippen LogP) is 2.89. The number of halogens is 2. The van der Waals surface area contributed by atoms with E-state index in [2.05, 4.69) is 0 Å². The average molecular weight is 322 g/mol. The highest BCUT2D eigenvalue weighted by Crippen LogP contribution is 2.30. The van der Waals surface area contributed by atoms with Gasteiger partial charge in [-0.25, -0.2) is 8.42 Å². The first kappa shape index (κ1) is 14.6. The molecule has 1 aromatic carbocycles. The first-order valence-corrected chi connectivity index (χ1v) is 8.58. The van der Waals surface area contributed by atoms with Crippen molar-refractivity contribution < 1.29 is 13.2 Å². The predicted molar refractivity (Wildman–Crippen MR) is 74.2 cm³/mol. The lowest BCUT2D eigenvalue weighted by Crippen LogP contribution is -2.33. The van der Waals surface area contributed by atoms with Gasteiger partial charge in [0, 0.05) is 23.3 Å². The van der Waals surface area contributed by atoms with Crippen LogP contribution in [0.15, 0.2) is 23.1 Å². The van der Waals surface area contributed by atoms with Crippen LogP contribution in [0.2, 0.25) is 5.02 Å². The van der Waals surface area contributed by atoms with E-state index in [1.807, 2.05) is 6.92 Å². The van der Waals surface area contributed by atoms with Crippen LogP contribution in [0.25, 0.3) is 0 Å². The first-order valence-electron chi connectivity index (χ1n) is 5.89. The summed E-state index contributed by atoms with van der Waals surface area (Å²) in [6.07, 6.45) is 1.95. The van der Waals surface area contributed by atoms with Crippen LogP contribution in [0.5, 0.6) is 0 Å². The van der Waals surface area contributed by atoms with Crippen molar-refractivity contribution in [2.45, 2.75) is 30.7 Å². The van der Waals surface area contributed by atoms with Crippen LogP contribution in [0.3, 0.4) is 0 Å². The molecule has 0 saturated heterocycles. The fourth-order valence-electron chi connectivity index (χ4n) is 1.93. The monoisotopic (exact) mass is 321 g/mol. The Balaban J connectivity index is 2.40. The van der Waals surface area contributed by atoms with E-state index in [0.29, 0.717) is 6.54 Å². The summed E-state index contributed by atoms with van der Waals surface area (Å²) in [4.78, 5) is 13.9. The van der Waals surface area contributed by atoms with Crippen molar-refractivity contribution in [2.75, 3.05) is 6.54 Å². The van der Waals surface area contributed by atoms with Gasteiger partial charge in [-0.2, -0.15) is 0 Å². The minimum absolute atomic E-state index is 0.117. The van der Waals surface area contributed by atoms with Gasteiger partial charge in [0.1, 0.15) is 0 Å². The van der Waals surface area contributed by atoms with Crippen LogP contribution >= 0.6 is 22.3 Å². The number of hydrogen-bond donors (Lipinski definition) is 0. The molecule has 1 saturated carbocycles. The molecule has 0 aromatic heterocycles. The number of carbonyl (C=O) groups excluding carboxylic acids is 1. The summed E-state index contributed by atoms with van der Waals surface area (Å²) in [5.74, 6) is -0.253. The third kappa shape index (κ3) is 3.22. The van der Waals surface area contributed by atoms with Crippen molar-refractivity contribution in [3.63, 3.8) is 0 Å². The van der Waals surface area contributed by atoms with Gasteiger partial charge in [-0.3, -0.25) is 4.79 Å². The molecular formula is C12H13Cl2NO3S. The third-order valence-corrected chi connectivity index (χ3v) is 4.72. The molecule has 2 rings (SSSR count). The Morgan fingerprint density at radius 3 is 2.53 bits per heavy atom. The molecule has 0 heterocycles. The Labute approximate surface area is 121 Å². The smallest absolute Gasteiger partial charge is 0.261 e. The van der Waals surface area contributed by atoms with Gasteiger partial charge >= 0.3 is 0 Å². The molecule has 0 bridgehead atoms. The van der Waals surface area contributed by atoms with Gasteiger partial charge in [0.25, 0.3) is 15.0 Å². The van der Waals surface area contributed by atoms with Gasteiger partial charge < -0.3 is 4.90 Å². The standard InChI is InChI=1S/C12H13Cl2NO3S/c1-2-15(8-3-4-8)12(16)10-7-9(19(14,17)18)5-6-11(10)13/h5-8H,2-4H2,1H3. The van der Waals surface area contributed by atoms with Crippen LogP contribution in [-0.4, -0.2) is 31.8 Å². The molecule has 4 nitrogen and oxygen atoms in total. The molecule has 0 unspecified atom stereocenters. The minimum atomic E-state index is -3.87. The van der Waals surface area contributed by atoms with Crippen LogP contribution in [0.4, 0.5) is 0 Å². The number of nitrogens with zero attached hydrogens (tertiary/aromatic N) is 1. The molecule has 1 aliphatic carbocycles. The molecule has 104 valence electrons. The van der Waals surface area contributed by atoms with Crippen molar-refractivity contribution in [3.8, 4) is 0 Å². The Bertz CT molecular complexity index is 611. The number of rotatable bonds is 4. The molecular weight excluding hydrogens is 309 g/mol.